The van der Waals surface area contributed by atoms with E-state index < -0.39 is 0 Å². The van der Waals surface area contributed by atoms with Crippen LogP contribution in [0.25, 0.3) is 0 Å². The Hall–Kier alpha value is -3.21. The first kappa shape index (κ1) is 15.7. The zero-order chi connectivity index (χ0) is 16.8. The first-order valence-corrected chi connectivity index (χ1v) is 7.52. The summed E-state index contributed by atoms with van der Waals surface area (Å²) in [5.41, 5.74) is 1.90. The molecule has 0 spiro atoms. The van der Waals surface area contributed by atoms with Crippen LogP contribution in [0.5, 0.6) is 0 Å². The van der Waals surface area contributed by atoms with Crippen molar-refractivity contribution in [2.45, 2.75) is 6.54 Å². The molecule has 1 aromatic heterocycles. The summed E-state index contributed by atoms with van der Waals surface area (Å²) in [6.07, 6.45) is 1.60. The highest BCUT2D eigenvalue weighted by Crippen LogP contribution is 2.13. The number of nitrogens with one attached hydrogen (secondary N) is 2. The molecule has 0 aliphatic rings. The van der Waals surface area contributed by atoms with Gasteiger partial charge in [0.25, 0.3) is 5.91 Å². The molecule has 0 radical (unpaired) electrons. The van der Waals surface area contributed by atoms with Crippen molar-refractivity contribution >= 4 is 17.4 Å². The maximum atomic E-state index is 13.6. The van der Waals surface area contributed by atoms with E-state index in [1.165, 1.54) is 6.07 Å². The second-order valence-electron chi connectivity index (χ2n) is 5.20. The van der Waals surface area contributed by atoms with Crippen molar-refractivity contribution in [3.8, 4) is 0 Å². The third kappa shape index (κ3) is 3.95. The minimum atomic E-state index is -0.246. The Morgan fingerprint density at radius 1 is 0.958 bits per heavy atom. The van der Waals surface area contributed by atoms with E-state index in [4.69, 9.17) is 0 Å². The molecule has 3 aromatic rings. The van der Waals surface area contributed by atoms with Crippen molar-refractivity contribution in [1.29, 1.82) is 0 Å². The summed E-state index contributed by atoms with van der Waals surface area (Å²) in [5.74, 6) is 0.000152. The molecule has 120 valence electrons. The minimum absolute atomic E-state index is 0.213. The zero-order valence-electron chi connectivity index (χ0n) is 12.9. The van der Waals surface area contributed by atoms with Crippen LogP contribution >= 0.6 is 0 Å². The van der Waals surface area contributed by atoms with E-state index in [2.05, 4.69) is 15.6 Å². The molecule has 0 bridgehead atoms. The van der Waals surface area contributed by atoms with Gasteiger partial charge < -0.3 is 10.6 Å². The highest BCUT2D eigenvalue weighted by Gasteiger charge is 2.06. The van der Waals surface area contributed by atoms with Gasteiger partial charge in [0.1, 0.15) is 11.6 Å². The van der Waals surface area contributed by atoms with E-state index in [9.17, 15) is 9.18 Å². The lowest BCUT2D eigenvalue weighted by atomic mass is 10.2. The summed E-state index contributed by atoms with van der Waals surface area (Å²) in [7, 11) is 0. The van der Waals surface area contributed by atoms with E-state index in [1.54, 1.807) is 60.8 Å². The fourth-order valence-corrected chi connectivity index (χ4v) is 2.19. The Morgan fingerprint density at radius 3 is 2.42 bits per heavy atom. The standard InChI is InChI=1S/C19H16FN3O/c20-17-9-5-4-8-15(17)12-21-16-10-11-18(22-13-16)23-19(24)14-6-2-1-3-7-14/h1-11,13,21H,12H2,(H,22,23,24). The highest BCUT2D eigenvalue weighted by molar-refractivity contribution is 6.03. The second-order valence-corrected chi connectivity index (χ2v) is 5.20. The number of pyridine rings is 1. The van der Waals surface area contributed by atoms with Crippen LogP contribution in [0, 0.1) is 5.82 Å². The normalized spacial score (nSPS) is 10.2. The molecule has 0 aliphatic heterocycles. The van der Waals surface area contributed by atoms with Gasteiger partial charge in [0, 0.05) is 17.7 Å². The van der Waals surface area contributed by atoms with Crippen LogP contribution in [-0.4, -0.2) is 10.9 Å². The Kier molecular flexibility index (Phi) is 4.81. The van der Waals surface area contributed by atoms with Gasteiger partial charge in [-0.2, -0.15) is 0 Å². The first-order valence-electron chi connectivity index (χ1n) is 7.52. The number of amides is 1. The van der Waals surface area contributed by atoms with E-state index in [1.807, 2.05) is 6.07 Å². The third-order valence-corrected chi connectivity index (χ3v) is 3.48. The Morgan fingerprint density at radius 2 is 1.71 bits per heavy atom. The predicted molar refractivity (Wildman–Crippen MR) is 92.4 cm³/mol. The van der Waals surface area contributed by atoms with Crippen LogP contribution < -0.4 is 10.6 Å². The molecule has 4 nitrogen and oxygen atoms in total. The lowest BCUT2D eigenvalue weighted by Crippen LogP contribution is -2.12. The fourth-order valence-electron chi connectivity index (χ4n) is 2.19. The molecule has 1 heterocycles. The van der Waals surface area contributed by atoms with Crippen molar-refractivity contribution in [3.63, 3.8) is 0 Å². The molecule has 0 saturated carbocycles. The number of benzene rings is 2. The molecular formula is C19H16FN3O. The Balaban J connectivity index is 1.59. The van der Waals surface area contributed by atoms with Gasteiger partial charge in [0.15, 0.2) is 0 Å². The van der Waals surface area contributed by atoms with Crippen LogP contribution in [-0.2, 0) is 6.54 Å². The molecule has 0 saturated heterocycles. The largest absolute Gasteiger partial charge is 0.380 e. The van der Waals surface area contributed by atoms with Crippen LogP contribution in [0.15, 0.2) is 72.9 Å². The van der Waals surface area contributed by atoms with Gasteiger partial charge in [-0.25, -0.2) is 9.37 Å². The molecule has 0 atom stereocenters. The number of halogens is 1. The minimum Gasteiger partial charge on any atom is -0.380 e. The van der Waals surface area contributed by atoms with Gasteiger partial charge in [-0.3, -0.25) is 4.79 Å². The maximum Gasteiger partial charge on any atom is 0.256 e. The second kappa shape index (κ2) is 7.37. The fraction of sp³-hybridized carbons (Fsp3) is 0.0526. The Bertz CT molecular complexity index is 820. The van der Waals surface area contributed by atoms with E-state index in [-0.39, 0.29) is 11.7 Å². The SMILES string of the molecule is O=C(Nc1ccc(NCc2ccccc2F)cn1)c1ccccc1. The Labute approximate surface area is 139 Å². The van der Waals surface area contributed by atoms with Crippen LogP contribution in [0.1, 0.15) is 15.9 Å². The molecule has 0 aliphatic carbocycles. The van der Waals surface area contributed by atoms with Gasteiger partial charge in [-0.05, 0) is 30.3 Å². The summed E-state index contributed by atoms with van der Waals surface area (Å²) >= 11 is 0. The topological polar surface area (TPSA) is 54.0 Å². The highest BCUT2D eigenvalue weighted by atomic mass is 19.1. The lowest BCUT2D eigenvalue weighted by molar-refractivity contribution is 0.102. The smallest absolute Gasteiger partial charge is 0.256 e. The summed E-state index contributed by atoms with van der Waals surface area (Å²) < 4.78 is 13.6. The zero-order valence-corrected chi connectivity index (χ0v) is 12.9. The summed E-state index contributed by atoms with van der Waals surface area (Å²) in [5, 5.41) is 5.83. The third-order valence-electron chi connectivity index (χ3n) is 3.48. The van der Waals surface area contributed by atoms with Crippen molar-refractivity contribution in [3.05, 3.63) is 89.9 Å². The number of rotatable bonds is 5. The van der Waals surface area contributed by atoms with Crippen LogP contribution in [0.4, 0.5) is 15.9 Å². The molecule has 24 heavy (non-hydrogen) atoms. The van der Waals surface area contributed by atoms with Crippen molar-refractivity contribution < 1.29 is 9.18 Å². The predicted octanol–water partition coefficient (Wildman–Crippen LogP) is 4.09. The van der Waals surface area contributed by atoms with Crippen molar-refractivity contribution in [2.24, 2.45) is 0 Å². The number of hydrogen-bond acceptors (Lipinski definition) is 3. The van der Waals surface area contributed by atoms with E-state index in [0.717, 1.165) is 5.69 Å². The van der Waals surface area contributed by atoms with Crippen LogP contribution in [0.2, 0.25) is 0 Å². The summed E-state index contributed by atoms with van der Waals surface area (Å²) in [6.45, 7) is 0.365. The van der Waals surface area contributed by atoms with Gasteiger partial charge >= 0.3 is 0 Å². The van der Waals surface area contributed by atoms with Gasteiger partial charge in [0.05, 0.1) is 11.9 Å². The number of aromatic nitrogens is 1. The number of nitrogens with zero attached hydrogens (tertiary/aromatic N) is 1. The van der Waals surface area contributed by atoms with Gasteiger partial charge in [0.2, 0.25) is 0 Å². The van der Waals surface area contributed by atoms with E-state index in [0.29, 0.717) is 23.5 Å². The molecule has 5 heteroatoms. The molecule has 1 amide bonds. The molecule has 0 fully saturated rings. The van der Waals surface area contributed by atoms with E-state index >= 15 is 0 Å². The molecule has 0 unspecified atom stereocenters. The van der Waals surface area contributed by atoms with Gasteiger partial charge in [-0.15, -0.1) is 0 Å². The maximum absolute atomic E-state index is 13.6. The van der Waals surface area contributed by atoms with Crippen molar-refractivity contribution in [2.75, 3.05) is 10.6 Å². The summed E-state index contributed by atoms with van der Waals surface area (Å²) in [6, 6.07) is 19.0. The monoisotopic (exact) mass is 321 g/mol. The van der Waals surface area contributed by atoms with Crippen LogP contribution in [0.3, 0.4) is 0 Å². The average Bonchev–Trinajstić information content (AvgIpc) is 2.63. The lowest BCUT2D eigenvalue weighted by Gasteiger charge is -2.08. The molecular weight excluding hydrogens is 305 g/mol. The molecule has 2 N–H and O–H groups in total. The quantitative estimate of drug-likeness (QED) is 0.744. The van der Waals surface area contributed by atoms with Gasteiger partial charge in [-0.1, -0.05) is 36.4 Å². The summed E-state index contributed by atoms with van der Waals surface area (Å²) in [4.78, 5) is 16.2. The average molecular weight is 321 g/mol. The van der Waals surface area contributed by atoms with Crippen molar-refractivity contribution in [1.82, 2.24) is 4.98 Å². The molecule has 3 rings (SSSR count). The number of carbonyl (C=O) groups is 1. The number of carbonyl (C=O) groups excluding carboxylic acids is 1. The molecule has 2 aromatic carbocycles. The first-order chi connectivity index (χ1) is 11.7. The number of hydrogen-bond donors (Lipinski definition) is 2. The number of anilines is 2.